The first-order chi connectivity index (χ1) is 12.0. The molecule has 0 saturated carbocycles. The van der Waals surface area contributed by atoms with Crippen LogP contribution in [0.25, 0.3) is 5.57 Å². The highest BCUT2D eigenvalue weighted by Crippen LogP contribution is 2.26. The second-order valence-electron chi connectivity index (χ2n) is 6.64. The predicted molar refractivity (Wildman–Crippen MR) is 100 cm³/mol. The van der Waals surface area contributed by atoms with E-state index in [9.17, 15) is 4.79 Å². The monoisotopic (exact) mass is 338 g/mol. The van der Waals surface area contributed by atoms with Crippen molar-refractivity contribution < 1.29 is 4.79 Å². The van der Waals surface area contributed by atoms with E-state index < -0.39 is 0 Å². The Hall–Kier alpha value is -2.56. The fourth-order valence-corrected chi connectivity index (χ4v) is 3.20. The van der Waals surface area contributed by atoms with Gasteiger partial charge in [-0.15, -0.1) is 0 Å². The zero-order chi connectivity index (χ0) is 17.8. The zero-order valence-electron chi connectivity index (χ0n) is 15.2. The molecule has 0 spiro atoms. The van der Waals surface area contributed by atoms with Crippen molar-refractivity contribution in [3.05, 3.63) is 58.9 Å². The van der Waals surface area contributed by atoms with E-state index >= 15 is 0 Å². The molecule has 1 aromatic carbocycles. The summed E-state index contributed by atoms with van der Waals surface area (Å²) in [5, 5.41) is 7.31. The molecule has 1 aromatic heterocycles. The van der Waals surface area contributed by atoms with Crippen molar-refractivity contribution in [1.29, 1.82) is 0 Å². The lowest BCUT2D eigenvalue weighted by Crippen LogP contribution is -2.42. The number of hydrogen-bond acceptors (Lipinski definition) is 2. The van der Waals surface area contributed by atoms with Crippen LogP contribution in [0, 0.1) is 13.8 Å². The SMILES string of the molecule is Cc1cccc(C2=CCN(C(=O)NCCc3ccn(C)n3)CC2)c1C. The first-order valence-corrected chi connectivity index (χ1v) is 8.81. The summed E-state index contributed by atoms with van der Waals surface area (Å²) in [5.74, 6) is 0. The maximum Gasteiger partial charge on any atom is 0.317 e. The minimum absolute atomic E-state index is 0.00666. The maximum atomic E-state index is 12.3. The van der Waals surface area contributed by atoms with Crippen LogP contribution in [0.3, 0.4) is 0 Å². The maximum absolute atomic E-state index is 12.3. The average Bonchev–Trinajstić information content (AvgIpc) is 3.03. The number of rotatable bonds is 4. The van der Waals surface area contributed by atoms with Gasteiger partial charge >= 0.3 is 6.03 Å². The van der Waals surface area contributed by atoms with Gasteiger partial charge in [-0.3, -0.25) is 4.68 Å². The van der Waals surface area contributed by atoms with Crippen molar-refractivity contribution in [2.75, 3.05) is 19.6 Å². The van der Waals surface area contributed by atoms with E-state index in [2.05, 4.69) is 48.5 Å². The Bertz CT molecular complexity index is 791. The summed E-state index contributed by atoms with van der Waals surface area (Å²) in [6, 6.07) is 8.41. The summed E-state index contributed by atoms with van der Waals surface area (Å²) in [4.78, 5) is 14.2. The minimum atomic E-state index is 0.00666. The second-order valence-corrected chi connectivity index (χ2v) is 6.64. The summed E-state index contributed by atoms with van der Waals surface area (Å²) in [5.41, 5.74) is 6.31. The smallest absolute Gasteiger partial charge is 0.317 e. The van der Waals surface area contributed by atoms with Crippen molar-refractivity contribution in [2.24, 2.45) is 7.05 Å². The Morgan fingerprint density at radius 1 is 1.28 bits per heavy atom. The lowest BCUT2D eigenvalue weighted by atomic mass is 9.93. The molecule has 2 aromatic rings. The lowest BCUT2D eigenvalue weighted by Gasteiger charge is -2.27. The molecule has 5 nitrogen and oxygen atoms in total. The van der Waals surface area contributed by atoms with Gasteiger partial charge in [0.1, 0.15) is 0 Å². The van der Waals surface area contributed by atoms with Crippen LogP contribution in [0.4, 0.5) is 4.79 Å². The minimum Gasteiger partial charge on any atom is -0.338 e. The van der Waals surface area contributed by atoms with Crippen LogP contribution < -0.4 is 5.32 Å². The van der Waals surface area contributed by atoms with Gasteiger partial charge in [0.05, 0.1) is 5.69 Å². The largest absolute Gasteiger partial charge is 0.338 e. The molecule has 1 aliphatic rings. The van der Waals surface area contributed by atoms with Crippen LogP contribution in [0.15, 0.2) is 36.5 Å². The Morgan fingerprint density at radius 3 is 2.80 bits per heavy atom. The van der Waals surface area contributed by atoms with Crippen LogP contribution in [0.2, 0.25) is 0 Å². The van der Waals surface area contributed by atoms with Gasteiger partial charge in [-0.25, -0.2) is 4.79 Å². The predicted octanol–water partition coefficient (Wildman–Crippen LogP) is 3.08. The van der Waals surface area contributed by atoms with Crippen molar-refractivity contribution in [3.63, 3.8) is 0 Å². The summed E-state index contributed by atoms with van der Waals surface area (Å²) < 4.78 is 1.78. The highest BCUT2D eigenvalue weighted by Gasteiger charge is 2.18. The molecular formula is C20H26N4O. The molecule has 0 unspecified atom stereocenters. The Morgan fingerprint density at radius 2 is 2.12 bits per heavy atom. The lowest BCUT2D eigenvalue weighted by molar-refractivity contribution is 0.203. The number of aromatic nitrogens is 2. The van der Waals surface area contributed by atoms with E-state index in [1.165, 1.54) is 22.3 Å². The van der Waals surface area contributed by atoms with Gasteiger partial charge in [-0.2, -0.15) is 5.10 Å². The third kappa shape index (κ3) is 4.10. The quantitative estimate of drug-likeness (QED) is 0.931. The number of nitrogens with zero attached hydrogens (tertiary/aromatic N) is 3. The molecule has 2 amide bonds. The number of nitrogens with one attached hydrogen (secondary N) is 1. The number of benzene rings is 1. The van der Waals surface area contributed by atoms with E-state index in [0.717, 1.165) is 25.1 Å². The molecule has 2 heterocycles. The van der Waals surface area contributed by atoms with Crippen LogP contribution in [0.5, 0.6) is 0 Å². The summed E-state index contributed by atoms with van der Waals surface area (Å²) in [7, 11) is 1.90. The van der Waals surface area contributed by atoms with Gasteiger partial charge in [-0.1, -0.05) is 24.3 Å². The van der Waals surface area contributed by atoms with Crippen LogP contribution in [-0.4, -0.2) is 40.3 Å². The van der Waals surface area contributed by atoms with Crippen molar-refractivity contribution in [3.8, 4) is 0 Å². The number of carbonyl (C=O) groups excluding carboxylic acids is 1. The number of aryl methyl sites for hydroxylation is 2. The number of amides is 2. The average molecular weight is 338 g/mol. The Balaban J connectivity index is 1.53. The number of carbonyl (C=O) groups is 1. The molecular weight excluding hydrogens is 312 g/mol. The third-order valence-corrected chi connectivity index (χ3v) is 4.87. The van der Waals surface area contributed by atoms with Crippen LogP contribution >= 0.6 is 0 Å². The Labute approximate surface area is 149 Å². The first kappa shape index (κ1) is 17.3. The highest BCUT2D eigenvalue weighted by atomic mass is 16.2. The second kappa shape index (κ2) is 7.55. The molecule has 1 aliphatic heterocycles. The third-order valence-electron chi connectivity index (χ3n) is 4.87. The number of hydrogen-bond donors (Lipinski definition) is 1. The molecule has 3 rings (SSSR count). The van der Waals surface area contributed by atoms with Crippen molar-refractivity contribution in [2.45, 2.75) is 26.7 Å². The van der Waals surface area contributed by atoms with E-state index in [1.807, 2.05) is 24.2 Å². The van der Waals surface area contributed by atoms with Crippen molar-refractivity contribution in [1.82, 2.24) is 20.0 Å². The zero-order valence-corrected chi connectivity index (χ0v) is 15.2. The summed E-state index contributed by atoms with van der Waals surface area (Å²) >= 11 is 0. The number of urea groups is 1. The molecule has 0 aliphatic carbocycles. The molecule has 25 heavy (non-hydrogen) atoms. The van der Waals surface area contributed by atoms with E-state index in [0.29, 0.717) is 13.1 Å². The topological polar surface area (TPSA) is 50.2 Å². The molecule has 0 bridgehead atoms. The molecule has 132 valence electrons. The van der Waals surface area contributed by atoms with Crippen LogP contribution in [-0.2, 0) is 13.5 Å². The molecule has 0 fully saturated rings. The van der Waals surface area contributed by atoms with E-state index in [4.69, 9.17) is 0 Å². The van der Waals surface area contributed by atoms with Gasteiger partial charge < -0.3 is 10.2 Å². The van der Waals surface area contributed by atoms with Crippen molar-refractivity contribution >= 4 is 11.6 Å². The molecule has 5 heteroatoms. The van der Waals surface area contributed by atoms with Gasteiger partial charge in [0, 0.05) is 39.3 Å². The van der Waals surface area contributed by atoms with Gasteiger partial charge in [0.15, 0.2) is 0 Å². The van der Waals surface area contributed by atoms with E-state index in [1.54, 1.807) is 4.68 Å². The summed E-state index contributed by atoms with van der Waals surface area (Å²) in [6.45, 7) is 6.35. The molecule has 0 atom stereocenters. The standard InChI is InChI=1S/C20H26N4O/c1-15-5-4-6-19(16(15)2)17-8-13-24(14-9-17)20(25)21-11-7-18-10-12-23(3)22-18/h4-6,8,10,12H,7,9,11,13-14H2,1-3H3,(H,21,25). The molecule has 0 saturated heterocycles. The molecule has 1 N–H and O–H groups in total. The first-order valence-electron chi connectivity index (χ1n) is 8.81. The Kier molecular flexibility index (Phi) is 5.22. The highest BCUT2D eigenvalue weighted by molar-refractivity contribution is 5.77. The van der Waals surface area contributed by atoms with Gasteiger partial charge in [0.25, 0.3) is 0 Å². The fraction of sp³-hybridized carbons (Fsp3) is 0.400. The molecule has 0 radical (unpaired) electrons. The summed E-state index contributed by atoms with van der Waals surface area (Å²) in [6.07, 6.45) is 5.76. The fourth-order valence-electron chi connectivity index (χ4n) is 3.20. The normalized spacial score (nSPS) is 14.4. The van der Waals surface area contributed by atoms with Gasteiger partial charge in [-0.05, 0) is 48.6 Å². The van der Waals surface area contributed by atoms with Crippen LogP contribution in [0.1, 0.15) is 28.8 Å². The van der Waals surface area contributed by atoms with Gasteiger partial charge in [0.2, 0.25) is 0 Å². The van der Waals surface area contributed by atoms with E-state index in [-0.39, 0.29) is 6.03 Å².